The van der Waals surface area contributed by atoms with Gasteiger partial charge in [-0.3, -0.25) is 9.97 Å². The number of aryl methyl sites for hydroxylation is 2. The Kier molecular flexibility index (Phi) is 11.8. The summed E-state index contributed by atoms with van der Waals surface area (Å²) in [5.74, 6) is 0. The minimum absolute atomic E-state index is 0. The monoisotopic (exact) mass is 380 g/mol. The summed E-state index contributed by atoms with van der Waals surface area (Å²) < 4.78 is 0. The summed E-state index contributed by atoms with van der Waals surface area (Å²) in [4.78, 5) is 25.7. The number of fused-ring (bicyclic) bond motifs is 3. The molecule has 0 aliphatic carbocycles. The third kappa shape index (κ3) is 6.29. The maximum absolute atomic E-state index is 8.25. The van der Waals surface area contributed by atoms with E-state index in [-0.39, 0.29) is 22.5 Å². The van der Waals surface area contributed by atoms with Gasteiger partial charge in [0.05, 0.1) is 11.0 Å². The molecule has 0 amide bonds. The molecule has 0 bridgehead atoms. The number of aromatic nitrogens is 2. The van der Waals surface area contributed by atoms with Crippen molar-refractivity contribution in [2.24, 2.45) is 0 Å². The molecule has 0 aliphatic heterocycles. The molecule has 0 saturated heterocycles. The first kappa shape index (κ1) is 23.7. The summed E-state index contributed by atoms with van der Waals surface area (Å²) in [6.45, 7) is 3.02. The Morgan fingerprint density at radius 3 is 1.29 bits per heavy atom. The Bertz CT molecular complexity index is 729. The van der Waals surface area contributed by atoms with Crippen LogP contribution in [0.4, 0.5) is 0 Å². The summed E-state index contributed by atoms with van der Waals surface area (Å²) in [6, 6.07) is 12.5. The van der Waals surface area contributed by atoms with Crippen LogP contribution in [-0.2, 0) is 32.1 Å². The molecule has 0 aliphatic rings. The minimum atomic E-state index is -0.500. The van der Waals surface area contributed by atoms with Gasteiger partial charge in [-0.2, -0.15) is 0 Å². The Balaban J connectivity index is 0. The molecule has 1 aromatic carbocycles. The maximum atomic E-state index is 8.25. The van der Waals surface area contributed by atoms with Gasteiger partial charge in [-0.05, 0) is 26.0 Å². The first-order chi connectivity index (χ1) is 10.6. The molecule has 131 valence electrons. The number of carbonyl (C=O) groups excluding carboxylic acids is 2. The molecule has 0 fully saturated rings. The number of nitrogens with zero attached hydrogens (tertiary/aromatic N) is 2. The third-order valence-corrected chi connectivity index (χ3v) is 2.80. The number of carboxylic acid groups (broad SMARTS) is 2. The summed E-state index contributed by atoms with van der Waals surface area (Å²) in [6.07, 6.45) is 0. The van der Waals surface area contributed by atoms with Gasteiger partial charge in [-0.25, -0.2) is 0 Å². The van der Waals surface area contributed by atoms with Gasteiger partial charge in [-0.1, -0.05) is 24.3 Å². The second-order valence-corrected chi connectivity index (χ2v) is 4.31. The second-order valence-electron chi connectivity index (χ2n) is 4.31. The number of carbonyl (C=O) groups is 2. The van der Waals surface area contributed by atoms with E-state index in [9.17, 15) is 0 Å². The van der Waals surface area contributed by atoms with Crippen molar-refractivity contribution >= 4 is 34.8 Å². The summed E-state index contributed by atoms with van der Waals surface area (Å²) in [7, 11) is 0. The molecule has 0 spiro atoms. The van der Waals surface area contributed by atoms with Gasteiger partial charge in [-0.15, -0.1) is 0 Å². The van der Waals surface area contributed by atoms with Crippen molar-refractivity contribution in [2.45, 2.75) is 13.8 Å². The van der Waals surface area contributed by atoms with Crippen LogP contribution in [0.15, 0.2) is 36.4 Å². The molecular formula is C16H17CuN2O5+. The molecule has 2 aromatic heterocycles. The average molecular weight is 381 g/mol. The summed E-state index contributed by atoms with van der Waals surface area (Å²) in [5, 5.41) is 18.8. The number of hydrogen-bond acceptors (Lipinski definition) is 6. The summed E-state index contributed by atoms with van der Waals surface area (Å²) >= 11 is 0. The van der Waals surface area contributed by atoms with Crippen LogP contribution in [-0.4, -0.2) is 22.9 Å². The van der Waals surface area contributed by atoms with Gasteiger partial charge in [0.15, 0.2) is 0 Å². The number of rotatable bonds is 0. The van der Waals surface area contributed by atoms with E-state index < -0.39 is 12.9 Å². The van der Waals surface area contributed by atoms with Crippen molar-refractivity contribution in [3.63, 3.8) is 0 Å². The van der Waals surface area contributed by atoms with Crippen LogP contribution in [0.25, 0.3) is 21.8 Å². The van der Waals surface area contributed by atoms with Gasteiger partial charge in [0.25, 0.3) is 0 Å². The van der Waals surface area contributed by atoms with Crippen molar-refractivity contribution in [3.05, 3.63) is 47.8 Å². The van der Waals surface area contributed by atoms with E-state index >= 15 is 0 Å². The molecule has 3 N–H and O–H groups in total. The topological polar surface area (TPSA) is 139 Å². The Labute approximate surface area is 149 Å². The molecule has 0 saturated carbocycles. The molecule has 7 nitrogen and oxygen atoms in total. The zero-order valence-electron chi connectivity index (χ0n) is 13.0. The molecule has 0 unspecified atom stereocenters. The van der Waals surface area contributed by atoms with Crippen LogP contribution in [0, 0.1) is 13.8 Å². The van der Waals surface area contributed by atoms with Crippen molar-refractivity contribution in [1.29, 1.82) is 0 Å². The van der Waals surface area contributed by atoms with Crippen LogP contribution < -0.4 is 10.2 Å². The number of benzene rings is 1. The quantitative estimate of drug-likeness (QED) is 0.216. The van der Waals surface area contributed by atoms with E-state index in [4.69, 9.17) is 19.8 Å². The van der Waals surface area contributed by atoms with Crippen LogP contribution in [0.5, 0.6) is 0 Å². The zero-order valence-corrected chi connectivity index (χ0v) is 14.0. The smallest absolute Gasteiger partial charge is 0.554 e. The van der Waals surface area contributed by atoms with E-state index in [1.54, 1.807) is 0 Å². The van der Waals surface area contributed by atoms with Gasteiger partial charge in [0.2, 0.25) is 0 Å². The van der Waals surface area contributed by atoms with Crippen LogP contribution in [0.2, 0.25) is 0 Å². The molecule has 3 aromatic rings. The second kappa shape index (κ2) is 12.0. The van der Waals surface area contributed by atoms with E-state index in [1.807, 2.05) is 26.0 Å². The van der Waals surface area contributed by atoms with E-state index in [0.29, 0.717) is 0 Å². The first-order valence-corrected chi connectivity index (χ1v) is 6.32. The number of pyridine rings is 2. The van der Waals surface area contributed by atoms with Crippen LogP contribution in [0.3, 0.4) is 0 Å². The predicted octanol–water partition coefficient (Wildman–Crippen LogP) is -0.792. The van der Waals surface area contributed by atoms with Gasteiger partial charge >= 0.3 is 17.1 Å². The van der Waals surface area contributed by atoms with E-state index in [1.165, 1.54) is 0 Å². The predicted molar refractivity (Wildman–Crippen MR) is 83.5 cm³/mol. The zero-order chi connectivity index (χ0) is 16.5. The normalized spacial score (nSPS) is 8.42. The Hall–Kier alpha value is -2.54. The standard InChI is InChI=1S/C14H12N2.2CH2O2.Cu.H2O/c1-9-3-5-11-7-8-12-6-4-10(2)16-14(12)13(11)15-9;2*2-1-3;;/h3-8H,1-2H3;2*1H,(H,2,3);;1H2/q;;;+2;/p-1. The van der Waals surface area contributed by atoms with Crippen molar-refractivity contribution in [2.75, 3.05) is 0 Å². The van der Waals surface area contributed by atoms with Crippen LogP contribution >= 0.6 is 0 Å². The molecule has 2 heterocycles. The third-order valence-electron chi connectivity index (χ3n) is 2.80. The first-order valence-electron chi connectivity index (χ1n) is 6.32. The summed E-state index contributed by atoms with van der Waals surface area (Å²) in [5.41, 5.74) is 4.06. The fourth-order valence-electron chi connectivity index (χ4n) is 1.96. The van der Waals surface area contributed by atoms with E-state index in [2.05, 4.69) is 34.2 Å². The van der Waals surface area contributed by atoms with Crippen molar-refractivity contribution in [3.8, 4) is 0 Å². The van der Waals surface area contributed by atoms with Gasteiger partial charge in [0, 0.05) is 35.1 Å². The van der Waals surface area contributed by atoms with E-state index in [0.717, 1.165) is 33.2 Å². The minimum Gasteiger partial charge on any atom is -0.554 e. The van der Waals surface area contributed by atoms with Crippen molar-refractivity contribution in [1.82, 2.24) is 9.97 Å². The molecule has 0 atom stereocenters. The average Bonchev–Trinajstić information content (AvgIpc) is 2.49. The Morgan fingerprint density at radius 1 is 0.750 bits per heavy atom. The Morgan fingerprint density at radius 2 is 1.00 bits per heavy atom. The molecular weight excluding hydrogens is 364 g/mol. The fraction of sp³-hybridized carbons (Fsp3) is 0.125. The number of hydrogen-bond donors (Lipinski definition) is 0. The van der Waals surface area contributed by atoms with Gasteiger partial charge < -0.3 is 25.3 Å². The molecule has 3 rings (SSSR count). The fourth-order valence-corrected chi connectivity index (χ4v) is 1.96. The largest absolute Gasteiger partial charge is 2.00 e. The van der Waals surface area contributed by atoms with Crippen LogP contribution in [0.1, 0.15) is 11.4 Å². The maximum Gasteiger partial charge on any atom is 2.00 e. The molecule has 1 radical (unpaired) electrons. The molecule has 8 heteroatoms. The SMILES string of the molecule is Cc1ccc2ccc3ccc(C)nc3c2n1.O=C[O-].O=C[O-].[Cu+2].[OH3+]. The molecule has 24 heavy (non-hydrogen) atoms. The van der Waals surface area contributed by atoms with Crippen molar-refractivity contribution < 1.29 is 42.3 Å². The van der Waals surface area contributed by atoms with Gasteiger partial charge in [0.1, 0.15) is 0 Å².